The number of rotatable bonds is 0. The lowest BCUT2D eigenvalue weighted by molar-refractivity contribution is -0.121. The van der Waals surface area contributed by atoms with Crippen LogP contribution in [0.15, 0.2) is 35.6 Å². The van der Waals surface area contributed by atoms with Gasteiger partial charge in [-0.25, -0.2) is 0 Å². The fourth-order valence-corrected chi connectivity index (χ4v) is 4.00. The minimum absolute atomic E-state index is 0.126. The van der Waals surface area contributed by atoms with Gasteiger partial charge in [-0.15, -0.1) is 0 Å². The first kappa shape index (κ1) is 12.9. The van der Waals surface area contributed by atoms with E-state index in [1.54, 1.807) is 0 Å². The number of ether oxygens (including phenoxy) is 2. The fourth-order valence-electron chi connectivity index (χ4n) is 4.00. The lowest BCUT2D eigenvalue weighted by Gasteiger charge is -2.49. The third kappa shape index (κ3) is 1.83. The largest absolute Gasteiger partial charge is 0.493 e. The minimum Gasteiger partial charge on any atom is -0.493 e. The molecule has 0 bridgehead atoms. The van der Waals surface area contributed by atoms with Gasteiger partial charge in [-0.1, -0.05) is 18.2 Å². The fraction of sp³-hybridized carbons (Fsp3) is 0.500. The normalized spacial score (nSPS) is 29.7. The van der Waals surface area contributed by atoms with E-state index in [2.05, 4.69) is 19.9 Å². The summed E-state index contributed by atoms with van der Waals surface area (Å²) in [5.41, 5.74) is 1.77. The summed E-state index contributed by atoms with van der Waals surface area (Å²) in [7, 11) is 0. The van der Waals surface area contributed by atoms with Crippen LogP contribution in [-0.4, -0.2) is 18.0 Å². The lowest BCUT2D eigenvalue weighted by Crippen LogP contribution is -2.49. The SMILES string of the molecule is CC1(C)OC2=C(C(=O)CCC2)[C@H]2c3ccccc3OC[C@H]21. The minimum atomic E-state index is -0.297. The highest BCUT2D eigenvalue weighted by Crippen LogP contribution is 2.53. The number of allylic oxidation sites excluding steroid dienone is 2. The molecule has 0 saturated carbocycles. The molecule has 2 aliphatic heterocycles. The molecule has 0 radical (unpaired) electrons. The van der Waals surface area contributed by atoms with Crippen LogP contribution < -0.4 is 4.74 Å². The van der Waals surface area contributed by atoms with Gasteiger partial charge >= 0.3 is 0 Å². The third-order valence-corrected chi connectivity index (χ3v) is 5.07. The molecule has 3 aliphatic rings. The number of benzene rings is 1. The van der Waals surface area contributed by atoms with Crippen molar-refractivity contribution in [2.45, 2.75) is 44.6 Å². The molecule has 3 nitrogen and oxygen atoms in total. The van der Waals surface area contributed by atoms with Crippen LogP contribution >= 0.6 is 0 Å². The Morgan fingerprint density at radius 1 is 1.19 bits per heavy atom. The number of hydrogen-bond donors (Lipinski definition) is 0. The van der Waals surface area contributed by atoms with Crippen molar-refractivity contribution in [3.63, 3.8) is 0 Å². The summed E-state index contributed by atoms with van der Waals surface area (Å²) in [5, 5.41) is 0. The molecule has 0 aromatic heterocycles. The molecule has 0 unspecified atom stereocenters. The van der Waals surface area contributed by atoms with Crippen molar-refractivity contribution in [2.75, 3.05) is 6.61 Å². The quantitative estimate of drug-likeness (QED) is 0.730. The van der Waals surface area contributed by atoms with E-state index in [0.29, 0.717) is 13.0 Å². The average molecular weight is 284 g/mol. The predicted octanol–water partition coefficient (Wildman–Crippen LogP) is 3.59. The summed E-state index contributed by atoms with van der Waals surface area (Å²) in [6.07, 6.45) is 2.44. The van der Waals surface area contributed by atoms with Crippen LogP contribution in [0.25, 0.3) is 0 Å². The summed E-state index contributed by atoms with van der Waals surface area (Å²) in [5.74, 6) is 2.42. The van der Waals surface area contributed by atoms with E-state index in [9.17, 15) is 4.79 Å². The summed E-state index contributed by atoms with van der Waals surface area (Å²) in [4.78, 5) is 12.5. The predicted molar refractivity (Wildman–Crippen MR) is 79.2 cm³/mol. The monoisotopic (exact) mass is 284 g/mol. The molecule has 3 heteroatoms. The molecule has 4 rings (SSSR count). The number of carbonyl (C=O) groups is 1. The molecular weight excluding hydrogens is 264 g/mol. The third-order valence-electron chi connectivity index (χ3n) is 5.07. The van der Waals surface area contributed by atoms with Crippen LogP contribution in [0.3, 0.4) is 0 Å². The van der Waals surface area contributed by atoms with Crippen LogP contribution in [0, 0.1) is 5.92 Å². The molecule has 1 aromatic carbocycles. The van der Waals surface area contributed by atoms with Crippen molar-refractivity contribution < 1.29 is 14.3 Å². The van der Waals surface area contributed by atoms with Crippen LogP contribution in [-0.2, 0) is 9.53 Å². The van der Waals surface area contributed by atoms with Gasteiger partial charge in [0.15, 0.2) is 5.78 Å². The van der Waals surface area contributed by atoms with Gasteiger partial charge in [0, 0.05) is 35.8 Å². The summed E-state index contributed by atoms with van der Waals surface area (Å²) in [6.45, 7) is 4.84. The molecule has 2 heterocycles. The Morgan fingerprint density at radius 2 is 2.00 bits per heavy atom. The topological polar surface area (TPSA) is 35.5 Å². The van der Waals surface area contributed by atoms with Gasteiger partial charge in [-0.05, 0) is 26.3 Å². The van der Waals surface area contributed by atoms with E-state index in [-0.39, 0.29) is 23.2 Å². The maximum atomic E-state index is 12.5. The number of carbonyl (C=O) groups excluding carboxylic acids is 1. The number of Topliss-reactive ketones (excluding diaryl/α,β-unsaturated/α-hetero) is 1. The van der Waals surface area contributed by atoms with Crippen molar-refractivity contribution in [2.24, 2.45) is 5.92 Å². The van der Waals surface area contributed by atoms with Crippen molar-refractivity contribution in [1.29, 1.82) is 0 Å². The van der Waals surface area contributed by atoms with E-state index >= 15 is 0 Å². The molecule has 0 saturated heterocycles. The molecular formula is C18H20O3. The van der Waals surface area contributed by atoms with Crippen LogP contribution in [0.4, 0.5) is 0 Å². The maximum absolute atomic E-state index is 12.5. The number of fused-ring (bicyclic) bond motifs is 4. The van der Waals surface area contributed by atoms with Crippen molar-refractivity contribution >= 4 is 5.78 Å². The first-order valence-corrected chi connectivity index (χ1v) is 7.75. The van der Waals surface area contributed by atoms with Crippen LogP contribution in [0.5, 0.6) is 5.75 Å². The molecule has 1 aromatic rings. The zero-order valence-electron chi connectivity index (χ0n) is 12.5. The second kappa shape index (κ2) is 4.36. The van der Waals surface area contributed by atoms with E-state index in [4.69, 9.17) is 9.47 Å². The molecule has 0 amide bonds. The Labute approximate surface area is 124 Å². The zero-order chi connectivity index (χ0) is 14.6. The second-order valence-electron chi connectivity index (χ2n) is 6.75. The van der Waals surface area contributed by atoms with Gasteiger partial charge in [-0.2, -0.15) is 0 Å². The van der Waals surface area contributed by atoms with Gasteiger partial charge in [0.2, 0.25) is 0 Å². The van der Waals surface area contributed by atoms with Gasteiger partial charge in [-0.3, -0.25) is 4.79 Å². The molecule has 0 N–H and O–H groups in total. The first-order chi connectivity index (χ1) is 10.1. The number of para-hydroxylation sites is 1. The molecule has 0 spiro atoms. The van der Waals surface area contributed by atoms with Gasteiger partial charge in [0.05, 0.1) is 6.61 Å². The summed E-state index contributed by atoms with van der Waals surface area (Å²) >= 11 is 0. The molecule has 110 valence electrons. The Bertz CT molecular complexity index is 642. The molecule has 21 heavy (non-hydrogen) atoms. The standard InChI is InChI=1S/C18H20O3/c1-18(2)12-10-20-14-8-4-3-6-11(14)16(12)17-13(19)7-5-9-15(17)21-18/h3-4,6,8,12,16H,5,7,9-10H2,1-2H3/t12-,16+/m1/s1. The Hall–Kier alpha value is -1.77. The first-order valence-electron chi connectivity index (χ1n) is 7.75. The molecule has 0 fully saturated rings. The Balaban J connectivity index is 1.93. The van der Waals surface area contributed by atoms with Gasteiger partial charge in [0.1, 0.15) is 17.1 Å². The Morgan fingerprint density at radius 3 is 2.86 bits per heavy atom. The average Bonchev–Trinajstić information content (AvgIpc) is 2.46. The highest BCUT2D eigenvalue weighted by Gasteiger charge is 2.50. The van der Waals surface area contributed by atoms with E-state index in [1.807, 2.05) is 18.2 Å². The van der Waals surface area contributed by atoms with Gasteiger partial charge < -0.3 is 9.47 Å². The van der Waals surface area contributed by atoms with Crippen LogP contribution in [0.1, 0.15) is 44.6 Å². The second-order valence-corrected chi connectivity index (χ2v) is 6.75. The lowest BCUT2D eigenvalue weighted by atomic mass is 9.67. The van der Waals surface area contributed by atoms with E-state index in [1.165, 1.54) is 0 Å². The van der Waals surface area contributed by atoms with Crippen molar-refractivity contribution in [3.05, 3.63) is 41.2 Å². The highest BCUT2D eigenvalue weighted by atomic mass is 16.5. The zero-order valence-corrected chi connectivity index (χ0v) is 12.5. The van der Waals surface area contributed by atoms with Crippen molar-refractivity contribution in [3.8, 4) is 5.75 Å². The molecule has 1 aliphatic carbocycles. The Kier molecular flexibility index (Phi) is 2.69. The van der Waals surface area contributed by atoms with E-state index < -0.39 is 0 Å². The summed E-state index contributed by atoms with van der Waals surface area (Å²) < 4.78 is 12.1. The number of ketones is 1. The smallest absolute Gasteiger partial charge is 0.162 e. The van der Waals surface area contributed by atoms with Gasteiger partial charge in [0.25, 0.3) is 0 Å². The molecule has 2 atom stereocenters. The summed E-state index contributed by atoms with van der Waals surface area (Å²) in [6, 6.07) is 8.11. The van der Waals surface area contributed by atoms with Crippen molar-refractivity contribution in [1.82, 2.24) is 0 Å². The number of hydrogen-bond acceptors (Lipinski definition) is 3. The van der Waals surface area contributed by atoms with E-state index in [0.717, 1.165) is 35.5 Å². The maximum Gasteiger partial charge on any atom is 0.162 e. The highest BCUT2D eigenvalue weighted by molar-refractivity contribution is 5.98. The van der Waals surface area contributed by atoms with Crippen LogP contribution in [0.2, 0.25) is 0 Å².